The average Bonchev–Trinajstić information content (AvgIpc) is 2.17. The van der Waals surface area contributed by atoms with Crippen LogP contribution in [-0.2, 0) is 16.0 Å². The Morgan fingerprint density at radius 2 is 1.81 bits per heavy atom. The summed E-state index contributed by atoms with van der Waals surface area (Å²) in [6, 6.07) is 9.66. The normalized spacial score (nSPS) is 13.2. The second-order valence-electron chi connectivity index (χ2n) is 5.16. The Hall–Kier alpha value is -1.31. The number of hydrogen-bond donors (Lipinski definition) is 0. The zero-order chi connectivity index (χ0) is 12.2. The predicted octanol–water partition coefficient (Wildman–Crippen LogP) is 3.21. The van der Waals surface area contributed by atoms with Gasteiger partial charge in [-0.25, -0.2) is 0 Å². The second-order valence-corrected chi connectivity index (χ2v) is 5.16. The standard InChI is InChI=1S/C14H20O2/c1-11(14(2,3)4)16-13(15)10-12-8-6-5-7-9-12/h5-9,11H,10H2,1-4H3/t11-/m0/s1. The van der Waals surface area contributed by atoms with Crippen LogP contribution in [0.3, 0.4) is 0 Å². The molecule has 1 atom stereocenters. The fraction of sp³-hybridized carbons (Fsp3) is 0.500. The zero-order valence-corrected chi connectivity index (χ0v) is 10.5. The van der Waals surface area contributed by atoms with Gasteiger partial charge in [-0.15, -0.1) is 0 Å². The van der Waals surface area contributed by atoms with Crippen LogP contribution >= 0.6 is 0 Å². The largest absolute Gasteiger partial charge is 0.462 e. The van der Waals surface area contributed by atoms with Gasteiger partial charge in [0.1, 0.15) is 6.10 Å². The lowest BCUT2D eigenvalue weighted by atomic mass is 9.90. The van der Waals surface area contributed by atoms with E-state index in [1.807, 2.05) is 37.3 Å². The SMILES string of the molecule is C[C@H](OC(=O)Cc1ccccc1)C(C)(C)C. The van der Waals surface area contributed by atoms with Crippen LogP contribution in [0.2, 0.25) is 0 Å². The van der Waals surface area contributed by atoms with Crippen molar-refractivity contribution in [2.24, 2.45) is 5.41 Å². The summed E-state index contributed by atoms with van der Waals surface area (Å²) in [7, 11) is 0. The van der Waals surface area contributed by atoms with E-state index in [0.29, 0.717) is 6.42 Å². The van der Waals surface area contributed by atoms with E-state index < -0.39 is 0 Å². The molecule has 0 aliphatic rings. The Bertz CT molecular complexity index is 336. The molecule has 2 nitrogen and oxygen atoms in total. The minimum absolute atomic E-state index is 0.00759. The van der Waals surface area contributed by atoms with Crippen molar-refractivity contribution in [3.05, 3.63) is 35.9 Å². The predicted molar refractivity (Wildman–Crippen MR) is 65.2 cm³/mol. The zero-order valence-electron chi connectivity index (χ0n) is 10.5. The van der Waals surface area contributed by atoms with E-state index in [1.165, 1.54) is 0 Å². The van der Waals surface area contributed by atoms with Gasteiger partial charge in [0.25, 0.3) is 0 Å². The second kappa shape index (κ2) is 5.15. The fourth-order valence-electron chi connectivity index (χ4n) is 1.18. The first-order valence-electron chi connectivity index (χ1n) is 5.63. The molecule has 0 N–H and O–H groups in total. The third kappa shape index (κ3) is 4.05. The molecule has 1 aromatic rings. The van der Waals surface area contributed by atoms with E-state index in [4.69, 9.17) is 4.74 Å². The summed E-state index contributed by atoms with van der Waals surface area (Å²) in [5, 5.41) is 0. The van der Waals surface area contributed by atoms with Crippen LogP contribution in [0.1, 0.15) is 33.3 Å². The number of benzene rings is 1. The Labute approximate surface area is 97.6 Å². The first-order valence-corrected chi connectivity index (χ1v) is 5.63. The summed E-state index contributed by atoms with van der Waals surface area (Å²) in [6.45, 7) is 8.12. The van der Waals surface area contributed by atoms with Crippen LogP contribution in [0.15, 0.2) is 30.3 Å². The number of hydrogen-bond acceptors (Lipinski definition) is 2. The van der Waals surface area contributed by atoms with Crippen LogP contribution in [0.4, 0.5) is 0 Å². The summed E-state index contributed by atoms with van der Waals surface area (Å²) in [5.41, 5.74) is 0.986. The molecule has 0 fully saturated rings. The molecule has 0 saturated carbocycles. The number of ether oxygens (including phenoxy) is 1. The molecule has 0 saturated heterocycles. The minimum atomic E-state index is -0.159. The van der Waals surface area contributed by atoms with Gasteiger partial charge in [-0.2, -0.15) is 0 Å². The van der Waals surface area contributed by atoms with Crippen molar-refractivity contribution in [1.82, 2.24) is 0 Å². The number of esters is 1. The van der Waals surface area contributed by atoms with Gasteiger partial charge in [0.05, 0.1) is 6.42 Å². The van der Waals surface area contributed by atoms with Crippen LogP contribution in [0.25, 0.3) is 0 Å². The maximum absolute atomic E-state index is 11.6. The lowest BCUT2D eigenvalue weighted by molar-refractivity contribution is -0.152. The topological polar surface area (TPSA) is 26.3 Å². The molecule has 0 amide bonds. The van der Waals surface area contributed by atoms with Crippen molar-refractivity contribution in [3.63, 3.8) is 0 Å². The molecule has 0 aromatic heterocycles. The van der Waals surface area contributed by atoms with Crippen molar-refractivity contribution in [2.75, 3.05) is 0 Å². The van der Waals surface area contributed by atoms with E-state index in [1.54, 1.807) is 0 Å². The van der Waals surface area contributed by atoms with E-state index in [2.05, 4.69) is 20.8 Å². The third-order valence-electron chi connectivity index (χ3n) is 2.72. The van der Waals surface area contributed by atoms with Crippen molar-refractivity contribution in [1.29, 1.82) is 0 Å². The Morgan fingerprint density at radius 3 is 2.31 bits per heavy atom. The van der Waals surface area contributed by atoms with E-state index in [-0.39, 0.29) is 17.5 Å². The van der Waals surface area contributed by atoms with Crippen molar-refractivity contribution in [3.8, 4) is 0 Å². The van der Waals surface area contributed by atoms with E-state index in [0.717, 1.165) is 5.56 Å². The van der Waals surface area contributed by atoms with Crippen LogP contribution in [-0.4, -0.2) is 12.1 Å². The molecular weight excluding hydrogens is 200 g/mol. The van der Waals surface area contributed by atoms with Crippen molar-refractivity contribution in [2.45, 2.75) is 40.2 Å². The highest BCUT2D eigenvalue weighted by molar-refractivity contribution is 5.72. The average molecular weight is 220 g/mol. The fourth-order valence-corrected chi connectivity index (χ4v) is 1.18. The summed E-state index contributed by atoms with van der Waals surface area (Å²) >= 11 is 0. The molecule has 0 aliphatic heterocycles. The lowest BCUT2D eigenvalue weighted by Crippen LogP contribution is -2.29. The molecule has 0 aliphatic carbocycles. The van der Waals surface area contributed by atoms with Crippen LogP contribution < -0.4 is 0 Å². The molecule has 1 rings (SSSR count). The van der Waals surface area contributed by atoms with E-state index in [9.17, 15) is 4.79 Å². The number of rotatable bonds is 3. The number of carbonyl (C=O) groups excluding carboxylic acids is 1. The van der Waals surface area contributed by atoms with Gasteiger partial charge in [0, 0.05) is 0 Å². The quantitative estimate of drug-likeness (QED) is 0.731. The highest BCUT2D eigenvalue weighted by Crippen LogP contribution is 2.22. The molecule has 1 aromatic carbocycles. The van der Waals surface area contributed by atoms with Gasteiger partial charge in [0.2, 0.25) is 0 Å². The van der Waals surface area contributed by atoms with Crippen LogP contribution in [0, 0.1) is 5.41 Å². The number of carbonyl (C=O) groups is 1. The molecule has 88 valence electrons. The van der Waals surface area contributed by atoms with Gasteiger partial charge in [-0.1, -0.05) is 51.1 Å². The Kier molecular flexibility index (Phi) is 4.11. The maximum Gasteiger partial charge on any atom is 0.310 e. The first-order chi connectivity index (χ1) is 7.39. The summed E-state index contributed by atoms with van der Waals surface area (Å²) < 4.78 is 5.38. The Morgan fingerprint density at radius 1 is 1.25 bits per heavy atom. The smallest absolute Gasteiger partial charge is 0.310 e. The summed E-state index contributed by atoms with van der Waals surface area (Å²) in [6.07, 6.45) is 0.282. The van der Waals surface area contributed by atoms with Gasteiger partial charge in [-0.3, -0.25) is 4.79 Å². The summed E-state index contributed by atoms with van der Waals surface area (Å²) in [5.74, 6) is -0.159. The Balaban J connectivity index is 2.49. The molecule has 0 unspecified atom stereocenters. The molecule has 16 heavy (non-hydrogen) atoms. The maximum atomic E-state index is 11.6. The first kappa shape index (κ1) is 12.8. The van der Waals surface area contributed by atoms with Gasteiger partial charge >= 0.3 is 5.97 Å². The van der Waals surface area contributed by atoms with Gasteiger partial charge in [-0.05, 0) is 17.9 Å². The third-order valence-corrected chi connectivity index (χ3v) is 2.72. The molecule has 0 spiro atoms. The molecular formula is C14H20O2. The monoisotopic (exact) mass is 220 g/mol. The minimum Gasteiger partial charge on any atom is -0.462 e. The lowest BCUT2D eigenvalue weighted by Gasteiger charge is -2.26. The van der Waals surface area contributed by atoms with Crippen LogP contribution in [0.5, 0.6) is 0 Å². The van der Waals surface area contributed by atoms with Crippen molar-refractivity contribution >= 4 is 5.97 Å². The highest BCUT2D eigenvalue weighted by Gasteiger charge is 2.23. The summed E-state index contributed by atoms with van der Waals surface area (Å²) in [4.78, 5) is 11.6. The van der Waals surface area contributed by atoms with Gasteiger partial charge in [0.15, 0.2) is 0 Å². The molecule has 0 bridgehead atoms. The van der Waals surface area contributed by atoms with Crippen molar-refractivity contribution < 1.29 is 9.53 Å². The van der Waals surface area contributed by atoms with E-state index >= 15 is 0 Å². The van der Waals surface area contributed by atoms with Gasteiger partial charge < -0.3 is 4.74 Å². The highest BCUT2D eigenvalue weighted by atomic mass is 16.5. The molecule has 0 radical (unpaired) electrons. The molecule has 2 heteroatoms. The molecule has 0 heterocycles.